The van der Waals surface area contributed by atoms with Crippen LogP contribution in [0.2, 0.25) is 0 Å². The highest BCUT2D eigenvalue weighted by atomic mass is 16.6. The van der Waals surface area contributed by atoms with Crippen molar-refractivity contribution in [3.63, 3.8) is 0 Å². The maximum absolute atomic E-state index is 12.9. The molecule has 5 aromatic rings. The van der Waals surface area contributed by atoms with Gasteiger partial charge in [-0.25, -0.2) is 14.8 Å². The number of nitrogens with zero attached hydrogens (tertiary/aromatic N) is 4. The Labute approximate surface area is 241 Å². The highest BCUT2D eigenvalue weighted by Crippen LogP contribution is 2.27. The number of nitrogens with one attached hydrogen (secondary N) is 1. The van der Waals surface area contributed by atoms with Crippen LogP contribution < -0.4 is 5.32 Å². The van der Waals surface area contributed by atoms with Gasteiger partial charge in [-0.2, -0.15) is 4.98 Å². The van der Waals surface area contributed by atoms with Gasteiger partial charge in [0.1, 0.15) is 16.9 Å². The van der Waals surface area contributed by atoms with E-state index in [1.807, 2.05) is 63.2 Å². The number of esters is 1. The van der Waals surface area contributed by atoms with E-state index in [1.165, 1.54) is 5.56 Å². The summed E-state index contributed by atoms with van der Waals surface area (Å²) in [6.07, 6.45) is 4.82. The molecular weight excluding hydrogens is 510 g/mol. The number of anilines is 1. The Bertz CT molecular complexity index is 1620. The van der Waals surface area contributed by atoms with Gasteiger partial charge in [-0.15, -0.1) is 0 Å². The summed E-state index contributed by atoms with van der Waals surface area (Å²) in [5.41, 5.74) is 5.73. The molecule has 0 unspecified atom stereocenters. The summed E-state index contributed by atoms with van der Waals surface area (Å²) in [6.45, 7) is 9.11. The molecule has 7 heteroatoms. The van der Waals surface area contributed by atoms with Crippen LogP contribution in [-0.2, 0) is 24.2 Å². The minimum Gasteiger partial charge on any atom is -0.456 e. The fourth-order valence-electron chi connectivity index (χ4n) is 4.74. The van der Waals surface area contributed by atoms with E-state index in [4.69, 9.17) is 14.7 Å². The number of fused-ring (bicyclic) bond motifs is 1. The first kappa shape index (κ1) is 28.0. The molecule has 0 aliphatic carbocycles. The van der Waals surface area contributed by atoms with E-state index >= 15 is 0 Å². The number of hydrogen-bond acceptors (Lipinski definition) is 6. The minimum absolute atomic E-state index is 0.320. The number of aromatic nitrogens is 4. The molecule has 0 fully saturated rings. The summed E-state index contributed by atoms with van der Waals surface area (Å²) in [5.74, 6) is 1.27. The summed E-state index contributed by atoms with van der Waals surface area (Å²) in [4.78, 5) is 27.2. The Morgan fingerprint density at radius 2 is 1.63 bits per heavy atom. The average Bonchev–Trinajstić information content (AvgIpc) is 3.31. The average molecular weight is 548 g/mol. The zero-order valence-corrected chi connectivity index (χ0v) is 24.2. The Morgan fingerprint density at radius 1 is 0.902 bits per heavy atom. The molecule has 0 saturated heterocycles. The fourth-order valence-corrected chi connectivity index (χ4v) is 4.74. The third-order valence-electron chi connectivity index (χ3n) is 6.77. The third-order valence-corrected chi connectivity index (χ3v) is 6.77. The van der Waals surface area contributed by atoms with Gasteiger partial charge < -0.3 is 14.6 Å². The molecule has 0 bridgehead atoms. The van der Waals surface area contributed by atoms with E-state index in [0.29, 0.717) is 24.6 Å². The predicted octanol–water partition coefficient (Wildman–Crippen LogP) is 7.45. The lowest BCUT2D eigenvalue weighted by molar-refractivity contribution is 0.00704. The molecule has 7 nitrogen and oxygen atoms in total. The highest BCUT2D eigenvalue weighted by molar-refractivity contribution is 5.97. The van der Waals surface area contributed by atoms with Crippen molar-refractivity contribution < 1.29 is 9.53 Å². The maximum Gasteiger partial charge on any atom is 0.339 e. The molecule has 0 aliphatic rings. The number of carbonyl (C=O) groups excluding carboxylic acids is 1. The Hall–Kier alpha value is -4.52. The lowest BCUT2D eigenvalue weighted by atomic mass is 9.98. The van der Waals surface area contributed by atoms with Crippen molar-refractivity contribution in [3.05, 3.63) is 108 Å². The monoisotopic (exact) mass is 547 g/mol. The van der Waals surface area contributed by atoms with Gasteiger partial charge in [-0.1, -0.05) is 86.1 Å². The van der Waals surface area contributed by atoms with Gasteiger partial charge in [0.2, 0.25) is 5.95 Å². The van der Waals surface area contributed by atoms with E-state index < -0.39 is 5.60 Å². The third kappa shape index (κ3) is 6.98. The topological polar surface area (TPSA) is 81.9 Å². The normalized spacial score (nSPS) is 11.5. The summed E-state index contributed by atoms with van der Waals surface area (Å²) < 4.78 is 7.85. The molecule has 3 aromatic carbocycles. The van der Waals surface area contributed by atoms with Crippen LogP contribution >= 0.6 is 0 Å². The number of aryl methyl sites for hydroxylation is 1. The fraction of sp³-hybridized carbons (Fsp3) is 0.294. The zero-order valence-electron chi connectivity index (χ0n) is 24.2. The molecule has 210 valence electrons. The van der Waals surface area contributed by atoms with Gasteiger partial charge in [-0.3, -0.25) is 0 Å². The molecule has 0 saturated carbocycles. The smallest absolute Gasteiger partial charge is 0.339 e. The van der Waals surface area contributed by atoms with Crippen molar-refractivity contribution >= 4 is 23.1 Å². The van der Waals surface area contributed by atoms with E-state index in [1.54, 1.807) is 6.20 Å². The lowest BCUT2D eigenvalue weighted by Crippen LogP contribution is -2.24. The Kier molecular flexibility index (Phi) is 8.43. The van der Waals surface area contributed by atoms with Crippen LogP contribution in [0.5, 0.6) is 0 Å². The van der Waals surface area contributed by atoms with E-state index in [9.17, 15) is 4.79 Å². The second-order valence-electron chi connectivity index (χ2n) is 11.2. The van der Waals surface area contributed by atoms with Gasteiger partial charge in [0, 0.05) is 13.0 Å². The molecule has 2 aromatic heterocycles. The highest BCUT2D eigenvalue weighted by Gasteiger charge is 2.21. The van der Waals surface area contributed by atoms with Crippen molar-refractivity contribution in [3.8, 4) is 11.1 Å². The van der Waals surface area contributed by atoms with Crippen molar-refractivity contribution in [2.45, 2.75) is 65.6 Å². The minimum atomic E-state index is -0.558. The number of imidazole rings is 1. The summed E-state index contributed by atoms with van der Waals surface area (Å²) >= 11 is 0. The summed E-state index contributed by atoms with van der Waals surface area (Å²) in [6, 6.07) is 26.1. The Morgan fingerprint density at radius 3 is 2.37 bits per heavy atom. The molecule has 1 N–H and O–H groups in total. The number of unbranched alkanes of at least 4 members (excludes halogenated alkanes) is 1. The molecule has 0 amide bonds. The molecule has 5 rings (SSSR count). The van der Waals surface area contributed by atoms with Gasteiger partial charge in [0.15, 0.2) is 5.65 Å². The predicted molar refractivity (Wildman–Crippen MR) is 164 cm³/mol. The van der Waals surface area contributed by atoms with Gasteiger partial charge in [0.05, 0.1) is 18.3 Å². The van der Waals surface area contributed by atoms with Crippen molar-refractivity contribution in [1.82, 2.24) is 19.5 Å². The number of hydrogen-bond donors (Lipinski definition) is 1. The SMILES string of the molecule is CCCCc1nc2cnc(NCc3ccccc3)nc2n1Cc1ccc(-c2ccccc2C(=O)OC(C)(C)C)cc1. The number of ether oxygens (including phenoxy) is 1. The second-order valence-corrected chi connectivity index (χ2v) is 11.2. The van der Waals surface area contributed by atoms with E-state index in [-0.39, 0.29) is 5.97 Å². The summed E-state index contributed by atoms with van der Waals surface area (Å²) in [7, 11) is 0. The first-order valence-corrected chi connectivity index (χ1v) is 14.2. The van der Waals surface area contributed by atoms with Crippen LogP contribution in [0.15, 0.2) is 85.1 Å². The maximum atomic E-state index is 12.9. The van der Waals surface area contributed by atoms with Gasteiger partial charge in [-0.05, 0) is 55.5 Å². The summed E-state index contributed by atoms with van der Waals surface area (Å²) in [5, 5.41) is 3.35. The number of benzene rings is 3. The van der Waals surface area contributed by atoms with Crippen LogP contribution in [0.25, 0.3) is 22.3 Å². The van der Waals surface area contributed by atoms with Crippen LogP contribution in [-0.4, -0.2) is 31.1 Å². The number of rotatable bonds is 10. The van der Waals surface area contributed by atoms with Gasteiger partial charge >= 0.3 is 5.97 Å². The molecule has 0 radical (unpaired) electrons. The molecule has 0 atom stereocenters. The van der Waals surface area contributed by atoms with Crippen LogP contribution in [0.3, 0.4) is 0 Å². The van der Waals surface area contributed by atoms with E-state index in [0.717, 1.165) is 52.9 Å². The first-order valence-electron chi connectivity index (χ1n) is 14.2. The lowest BCUT2D eigenvalue weighted by Gasteiger charge is -2.20. The van der Waals surface area contributed by atoms with Crippen molar-refractivity contribution in [2.75, 3.05) is 5.32 Å². The van der Waals surface area contributed by atoms with Gasteiger partial charge in [0.25, 0.3) is 0 Å². The largest absolute Gasteiger partial charge is 0.456 e. The zero-order chi connectivity index (χ0) is 28.8. The van der Waals surface area contributed by atoms with Crippen molar-refractivity contribution in [2.24, 2.45) is 0 Å². The quantitative estimate of drug-likeness (QED) is 0.183. The molecule has 0 spiro atoms. The van der Waals surface area contributed by atoms with Crippen molar-refractivity contribution in [1.29, 1.82) is 0 Å². The van der Waals surface area contributed by atoms with Crippen LogP contribution in [0.1, 0.15) is 67.8 Å². The van der Waals surface area contributed by atoms with Crippen LogP contribution in [0, 0.1) is 0 Å². The molecule has 0 aliphatic heterocycles. The second kappa shape index (κ2) is 12.3. The standard InChI is InChI=1S/C34H37N5O2/c1-5-6-16-30-37-29-22-36-33(35-21-24-12-8-7-9-13-24)38-31(29)39(30)23-25-17-19-26(20-18-25)27-14-10-11-15-28(27)32(40)41-34(2,3)4/h7-15,17-20,22H,5-6,16,21,23H2,1-4H3,(H,35,36,38). The molecular formula is C34H37N5O2. The van der Waals surface area contributed by atoms with E-state index in [2.05, 4.69) is 58.2 Å². The van der Waals surface area contributed by atoms with Crippen LogP contribution in [0.4, 0.5) is 5.95 Å². The number of carbonyl (C=O) groups is 1. The first-order chi connectivity index (χ1) is 19.8. The Balaban J connectivity index is 1.41. The molecule has 41 heavy (non-hydrogen) atoms. The molecule has 2 heterocycles.